The Bertz CT molecular complexity index is 545. The van der Waals surface area contributed by atoms with Crippen molar-refractivity contribution in [2.24, 2.45) is 0 Å². The average Bonchev–Trinajstić information content (AvgIpc) is 2.48. The first-order valence-corrected chi connectivity index (χ1v) is 8.79. The predicted octanol–water partition coefficient (Wildman–Crippen LogP) is 0.409. The van der Waals surface area contributed by atoms with E-state index in [0.29, 0.717) is 18.8 Å². The predicted molar refractivity (Wildman–Crippen MR) is 83.3 cm³/mol. The van der Waals surface area contributed by atoms with Crippen LogP contribution < -0.4 is 10.5 Å². The molecule has 1 heterocycles. The Balaban J connectivity index is 1.85. The smallest absolute Gasteiger partial charge is 0.215 e. The first-order valence-electron chi connectivity index (χ1n) is 7.14. The summed E-state index contributed by atoms with van der Waals surface area (Å²) in [5.74, 6) is -0.0442. The van der Waals surface area contributed by atoms with Crippen LogP contribution in [0.25, 0.3) is 0 Å². The van der Waals surface area contributed by atoms with Gasteiger partial charge in [0.15, 0.2) is 0 Å². The molecule has 3 N–H and O–H groups in total. The number of nitrogens with zero attached hydrogens (tertiary/aromatic N) is 1. The largest absolute Gasteiger partial charge is 0.399 e. The maximum Gasteiger partial charge on any atom is 0.215 e. The molecular weight excluding hydrogens is 290 g/mol. The second-order valence-corrected chi connectivity index (χ2v) is 7.04. The van der Waals surface area contributed by atoms with Gasteiger partial charge in [-0.15, -0.1) is 0 Å². The Morgan fingerprint density at radius 3 is 2.76 bits per heavy atom. The van der Waals surface area contributed by atoms with Gasteiger partial charge in [-0.2, -0.15) is 0 Å². The van der Waals surface area contributed by atoms with Crippen LogP contribution in [0.2, 0.25) is 0 Å². The summed E-state index contributed by atoms with van der Waals surface area (Å²) in [7, 11) is -3.36. The number of sulfonamides is 1. The number of benzene rings is 1. The first-order chi connectivity index (χ1) is 9.98. The Morgan fingerprint density at radius 1 is 1.38 bits per heavy atom. The van der Waals surface area contributed by atoms with Gasteiger partial charge in [-0.1, -0.05) is 19.1 Å². The van der Waals surface area contributed by atoms with Gasteiger partial charge in [-0.05, 0) is 24.2 Å². The van der Waals surface area contributed by atoms with E-state index in [9.17, 15) is 8.42 Å². The van der Waals surface area contributed by atoms with Gasteiger partial charge in [0.1, 0.15) is 0 Å². The van der Waals surface area contributed by atoms with Crippen molar-refractivity contribution in [3.8, 4) is 0 Å². The molecule has 6 nitrogen and oxygen atoms in total. The van der Waals surface area contributed by atoms with Crippen LogP contribution in [-0.4, -0.2) is 52.2 Å². The lowest BCUT2D eigenvalue weighted by Crippen LogP contribution is -2.47. The van der Waals surface area contributed by atoms with Crippen molar-refractivity contribution < 1.29 is 13.2 Å². The lowest BCUT2D eigenvalue weighted by molar-refractivity contribution is -0.0229. The highest BCUT2D eigenvalue weighted by atomic mass is 32.2. The van der Waals surface area contributed by atoms with Crippen molar-refractivity contribution in [1.82, 2.24) is 9.62 Å². The number of ether oxygens (including phenoxy) is 1. The summed E-state index contributed by atoms with van der Waals surface area (Å²) >= 11 is 0. The van der Waals surface area contributed by atoms with E-state index in [2.05, 4.69) is 16.5 Å². The molecule has 1 unspecified atom stereocenters. The number of anilines is 1. The fourth-order valence-corrected chi connectivity index (χ4v) is 3.47. The molecule has 0 radical (unpaired) electrons. The molecule has 1 aromatic rings. The minimum atomic E-state index is -3.36. The van der Waals surface area contributed by atoms with Gasteiger partial charge in [-0.3, -0.25) is 4.90 Å². The van der Waals surface area contributed by atoms with Gasteiger partial charge in [0, 0.05) is 25.3 Å². The Hall–Kier alpha value is -1.15. The van der Waals surface area contributed by atoms with Crippen LogP contribution in [-0.2, 0) is 20.5 Å². The van der Waals surface area contributed by atoms with Crippen LogP contribution in [0.3, 0.4) is 0 Å². The van der Waals surface area contributed by atoms with E-state index in [1.807, 2.05) is 0 Å². The van der Waals surface area contributed by atoms with Crippen LogP contribution in [0.4, 0.5) is 5.69 Å². The van der Waals surface area contributed by atoms with Gasteiger partial charge < -0.3 is 10.5 Å². The van der Waals surface area contributed by atoms with Gasteiger partial charge in [0.2, 0.25) is 10.0 Å². The molecule has 0 bridgehead atoms. The van der Waals surface area contributed by atoms with Crippen molar-refractivity contribution in [3.63, 3.8) is 0 Å². The van der Waals surface area contributed by atoms with Crippen molar-refractivity contribution >= 4 is 15.7 Å². The second kappa shape index (κ2) is 7.22. The van der Waals surface area contributed by atoms with Gasteiger partial charge in [0.25, 0.3) is 0 Å². The molecule has 21 heavy (non-hydrogen) atoms. The van der Waals surface area contributed by atoms with Gasteiger partial charge in [0.05, 0.1) is 18.5 Å². The lowest BCUT2D eigenvalue weighted by Gasteiger charge is -2.32. The van der Waals surface area contributed by atoms with Crippen molar-refractivity contribution in [3.05, 3.63) is 29.8 Å². The quantitative estimate of drug-likeness (QED) is 0.743. The summed E-state index contributed by atoms with van der Waals surface area (Å²) in [6.07, 6.45) is -0.0834. The first kappa shape index (κ1) is 16.2. The Labute approximate surface area is 126 Å². The molecule has 1 atom stereocenters. The molecule has 0 amide bonds. The third kappa shape index (κ3) is 5.28. The topological polar surface area (TPSA) is 84.7 Å². The number of morpholine rings is 1. The zero-order valence-corrected chi connectivity index (χ0v) is 13.1. The minimum Gasteiger partial charge on any atom is -0.399 e. The SMILES string of the molecule is CCN1CCOC(CNS(=O)(=O)Cc2ccc(N)cc2)C1. The molecule has 1 saturated heterocycles. The summed E-state index contributed by atoms with van der Waals surface area (Å²) in [5.41, 5.74) is 6.93. The lowest BCUT2D eigenvalue weighted by atomic mass is 10.2. The Morgan fingerprint density at radius 2 is 2.10 bits per heavy atom. The fraction of sp³-hybridized carbons (Fsp3) is 0.571. The van der Waals surface area contributed by atoms with Crippen LogP contribution in [0.15, 0.2) is 24.3 Å². The van der Waals surface area contributed by atoms with E-state index in [1.165, 1.54) is 0 Å². The number of hydrogen-bond donors (Lipinski definition) is 2. The molecule has 1 aliphatic rings. The summed E-state index contributed by atoms with van der Waals surface area (Å²) < 4.78 is 32.3. The molecule has 0 saturated carbocycles. The van der Waals surface area contributed by atoms with Crippen LogP contribution in [0, 0.1) is 0 Å². The van der Waals surface area contributed by atoms with Crippen LogP contribution in [0.1, 0.15) is 12.5 Å². The molecule has 0 aromatic heterocycles. The maximum atomic E-state index is 12.1. The highest BCUT2D eigenvalue weighted by Gasteiger charge is 2.21. The van der Waals surface area contributed by atoms with Gasteiger partial charge in [-0.25, -0.2) is 13.1 Å². The zero-order chi connectivity index (χ0) is 15.3. The highest BCUT2D eigenvalue weighted by molar-refractivity contribution is 7.88. The van der Waals surface area contributed by atoms with Crippen molar-refractivity contribution in [2.75, 3.05) is 38.5 Å². The normalized spacial score (nSPS) is 20.5. The molecule has 1 aliphatic heterocycles. The number of hydrogen-bond acceptors (Lipinski definition) is 5. The Kier molecular flexibility index (Phi) is 5.58. The summed E-state index contributed by atoms with van der Waals surface area (Å²) in [4.78, 5) is 2.25. The van der Waals surface area contributed by atoms with E-state index in [-0.39, 0.29) is 11.9 Å². The second-order valence-electron chi connectivity index (χ2n) is 5.24. The van der Waals surface area contributed by atoms with Crippen LogP contribution >= 0.6 is 0 Å². The molecule has 1 fully saturated rings. The number of nitrogens with one attached hydrogen (secondary N) is 1. The van der Waals surface area contributed by atoms with Gasteiger partial charge >= 0.3 is 0 Å². The molecular formula is C14H23N3O3S. The number of rotatable bonds is 6. The van der Waals surface area contributed by atoms with E-state index >= 15 is 0 Å². The molecule has 0 aliphatic carbocycles. The molecule has 1 aromatic carbocycles. The standard InChI is InChI=1S/C14H23N3O3S/c1-2-17-7-8-20-14(10-17)9-16-21(18,19)11-12-3-5-13(15)6-4-12/h3-6,14,16H,2,7-11,15H2,1H3. The molecule has 0 spiro atoms. The zero-order valence-electron chi connectivity index (χ0n) is 12.3. The van der Waals surface area contributed by atoms with E-state index < -0.39 is 10.0 Å². The highest BCUT2D eigenvalue weighted by Crippen LogP contribution is 2.09. The van der Waals surface area contributed by atoms with E-state index in [0.717, 1.165) is 25.2 Å². The minimum absolute atomic E-state index is 0.0442. The fourth-order valence-electron chi connectivity index (χ4n) is 2.30. The maximum absolute atomic E-state index is 12.1. The third-order valence-electron chi connectivity index (χ3n) is 3.54. The van der Waals surface area contributed by atoms with E-state index in [1.54, 1.807) is 24.3 Å². The summed E-state index contributed by atoms with van der Waals surface area (Å²) in [6, 6.07) is 6.86. The number of nitrogen functional groups attached to an aromatic ring is 1. The van der Waals surface area contributed by atoms with E-state index in [4.69, 9.17) is 10.5 Å². The molecule has 2 rings (SSSR count). The summed E-state index contributed by atoms with van der Waals surface area (Å²) in [5, 5.41) is 0. The number of nitrogens with two attached hydrogens (primary N) is 1. The van der Waals surface area contributed by atoms with Crippen molar-refractivity contribution in [1.29, 1.82) is 0 Å². The number of likely N-dealkylation sites (N-methyl/N-ethyl adjacent to an activating group) is 1. The summed E-state index contributed by atoms with van der Waals surface area (Å²) in [6.45, 7) is 5.68. The van der Waals surface area contributed by atoms with Crippen LogP contribution in [0.5, 0.6) is 0 Å². The third-order valence-corrected chi connectivity index (χ3v) is 4.86. The van der Waals surface area contributed by atoms with Crippen molar-refractivity contribution in [2.45, 2.75) is 18.8 Å². The molecule has 7 heteroatoms. The monoisotopic (exact) mass is 313 g/mol. The average molecular weight is 313 g/mol. The molecule has 118 valence electrons.